The van der Waals surface area contributed by atoms with Crippen LogP contribution in [-0.2, 0) is 11.8 Å². The summed E-state index contributed by atoms with van der Waals surface area (Å²) in [6.45, 7) is 9.98. The Bertz CT molecular complexity index is 388. The minimum absolute atomic E-state index is 0.177. The van der Waals surface area contributed by atoms with Crippen molar-refractivity contribution in [3.63, 3.8) is 0 Å². The zero-order valence-electron chi connectivity index (χ0n) is 12.8. The molecule has 19 heavy (non-hydrogen) atoms. The van der Waals surface area contributed by atoms with E-state index in [0.29, 0.717) is 6.04 Å². The molecule has 0 aliphatic heterocycles. The van der Waals surface area contributed by atoms with Gasteiger partial charge in [0.1, 0.15) is 0 Å². The molecule has 0 amide bonds. The maximum absolute atomic E-state index is 4.83. The van der Waals surface area contributed by atoms with Crippen molar-refractivity contribution >= 4 is 11.3 Å². The van der Waals surface area contributed by atoms with Gasteiger partial charge in [-0.25, -0.2) is 4.98 Å². The molecule has 0 aromatic carbocycles. The molecule has 1 saturated carbocycles. The van der Waals surface area contributed by atoms with Crippen molar-refractivity contribution in [1.82, 2.24) is 10.3 Å². The quantitative estimate of drug-likeness (QED) is 0.846. The molecule has 1 fully saturated rings. The molecule has 1 heterocycles. The van der Waals surface area contributed by atoms with Gasteiger partial charge >= 0.3 is 0 Å². The number of rotatable bonds is 6. The normalized spacial score (nSPS) is 18.3. The molecule has 1 aromatic rings. The lowest BCUT2D eigenvalue weighted by atomic mass is 9.80. The second-order valence-corrected chi connectivity index (χ2v) is 7.81. The average molecular weight is 280 g/mol. The fourth-order valence-corrected chi connectivity index (χ4v) is 3.72. The standard InChI is InChI=1S/C16H28N2S/c1-5-17-13(9-12-7-6-8-12)10-15-18-14(11-19-15)16(2,3)4/h11-13,17H,5-10H2,1-4H3. The highest BCUT2D eigenvalue weighted by atomic mass is 32.1. The van der Waals surface area contributed by atoms with Crippen LogP contribution in [0.15, 0.2) is 5.38 Å². The van der Waals surface area contributed by atoms with E-state index >= 15 is 0 Å². The Hall–Kier alpha value is -0.410. The van der Waals surface area contributed by atoms with E-state index in [2.05, 4.69) is 38.4 Å². The average Bonchev–Trinajstić information content (AvgIpc) is 2.71. The monoisotopic (exact) mass is 280 g/mol. The first kappa shape index (κ1) is 15.0. The lowest BCUT2D eigenvalue weighted by molar-refractivity contribution is 0.260. The lowest BCUT2D eigenvalue weighted by Crippen LogP contribution is -2.34. The number of aromatic nitrogens is 1. The Kier molecular flexibility index (Phi) is 5.02. The number of hydrogen-bond donors (Lipinski definition) is 1. The summed E-state index contributed by atoms with van der Waals surface area (Å²) in [5.41, 5.74) is 1.42. The SMILES string of the molecule is CCNC(Cc1nc(C(C)(C)C)cs1)CC1CCC1. The van der Waals surface area contributed by atoms with Gasteiger partial charge in [-0.1, -0.05) is 47.0 Å². The third-order valence-corrected chi connectivity index (χ3v) is 4.95. The first-order chi connectivity index (χ1) is 8.99. The smallest absolute Gasteiger partial charge is 0.0944 e. The summed E-state index contributed by atoms with van der Waals surface area (Å²) in [6, 6.07) is 0.620. The molecule has 1 aromatic heterocycles. The highest BCUT2D eigenvalue weighted by molar-refractivity contribution is 7.09. The molecular formula is C16H28N2S. The lowest BCUT2D eigenvalue weighted by Gasteiger charge is -2.29. The number of nitrogens with zero attached hydrogens (tertiary/aromatic N) is 1. The zero-order valence-corrected chi connectivity index (χ0v) is 13.6. The summed E-state index contributed by atoms with van der Waals surface area (Å²) in [4.78, 5) is 4.83. The van der Waals surface area contributed by atoms with Gasteiger partial charge in [0.2, 0.25) is 0 Å². The molecule has 0 saturated heterocycles. The van der Waals surface area contributed by atoms with Crippen LogP contribution in [0.25, 0.3) is 0 Å². The van der Waals surface area contributed by atoms with Crippen LogP contribution in [0, 0.1) is 5.92 Å². The second kappa shape index (κ2) is 6.36. The fraction of sp³-hybridized carbons (Fsp3) is 0.812. The second-order valence-electron chi connectivity index (χ2n) is 6.87. The van der Waals surface area contributed by atoms with Crippen LogP contribution >= 0.6 is 11.3 Å². The van der Waals surface area contributed by atoms with Crippen LogP contribution in [0.1, 0.15) is 64.1 Å². The van der Waals surface area contributed by atoms with Gasteiger partial charge in [-0.3, -0.25) is 0 Å². The van der Waals surface area contributed by atoms with E-state index < -0.39 is 0 Å². The van der Waals surface area contributed by atoms with Crippen LogP contribution in [0.5, 0.6) is 0 Å². The van der Waals surface area contributed by atoms with E-state index in [1.807, 2.05) is 11.3 Å². The molecule has 3 heteroatoms. The Morgan fingerprint density at radius 3 is 2.63 bits per heavy atom. The third-order valence-electron chi connectivity index (χ3n) is 4.08. The van der Waals surface area contributed by atoms with Gasteiger partial charge in [0, 0.05) is 23.3 Å². The van der Waals surface area contributed by atoms with Crippen molar-refractivity contribution in [2.75, 3.05) is 6.54 Å². The number of likely N-dealkylation sites (N-methyl/N-ethyl adjacent to an activating group) is 1. The zero-order chi connectivity index (χ0) is 13.9. The Morgan fingerprint density at radius 1 is 1.42 bits per heavy atom. The molecule has 1 aliphatic carbocycles. The molecule has 1 aliphatic rings. The van der Waals surface area contributed by atoms with E-state index in [-0.39, 0.29) is 5.41 Å². The van der Waals surface area contributed by atoms with Crippen LogP contribution < -0.4 is 5.32 Å². The predicted octanol–water partition coefficient (Wildman–Crippen LogP) is 4.15. The number of thiazole rings is 1. The summed E-state index contributed by atoms with van der Waals surface area (Å²) >= 11 is 1.83. The number of hydrogen-bond acceptors (Lipinski definition) is 3. The summed E-state index contributed by atoms with van der Waals surface area (Å²) < 4.78 is 0. The van der Waals surface area contributed by atoms with Gasteiger partial charge in [0.05, 0.1) is 10.7 Å². The van der Waals surface area contributed by atoms with E-state index in [4.69, 9.17) is 4.98 Å². The summed E-state index contributed by atoms with van der Waals surface area (Å²) in [5.74, 6) is 0.964. The van der Waals surface area contributed by atoms with Crippen molar-refractivity contribution in [1.29, 1.82) is 0 Å². The van der Waals surface area contributed by atoms with Gasteiger partial charge < -0.3 is 5.32 Å². The predicted molar refractivity (Wildman–Crippen MR) is 83.9 cm³/mol. The highest BCUT2D eigenvalue weighted by Gasteiger charge is 2.23. The minimum atomic E-state index is 0.177. The van der Waals surface area contributed by atoms with Gasteiger partial charge in [0.15, 0.2) is 0 Å². The Balaban J connectivity index is 1.93. The molecular weight excluding hydrogens is 252 g/mol. The van der Waals surface area contributed by atoms with Crippen molar-refractivity contribution in [2.24, 2.45) is 5.92 Å². The Labute approximate surface area is 122 Å². The van der Waals surface area contributed by atoms with E-state index in [9.17, 15) is 0 Å². The molecule has 1 N–H and O–H groups in total. The molecule has 0 bridgehead atoms. The topological polar surface area (TPSA) is 24.9 Å². The maximum Gasteiger partial charge on any atom is 0.0944 e. The van der Waals surface area contributed by atoms with E-state index in [1.54, 1.807) is 0 Å². The first-order valence-corrected chi connectivity index (χ1v) is 8.55. The summed E-state index contributed by atoms with van der Waals surface area (Å²) in [5, 5.41) is 7.18. The fourth-order valence-electron chi connectivity index (χ4n) is 2.62. The van der Waals surface area contributed by atoms with Crippen molar-refractivity contribution < 1.29 is 0 Å². The van der Waals surface area contributed by atoms with Gasteiger partial charge in [0.25, 0.3) is 0 Å². The molecule has 108 valence electrons. The largest absolute Gasteiger partial charge is 0.314 e. The first-order valence-electron chi connectivity index (χ1n) is 7.67. The van der Waals surface area contributed by atoms with E-state index in [0.717, 1.165) is 18.9 Å². The van der Waals surface area contributed by atoms with Crippen molar-refractivity contribution in [3.05, 3.63) is 16.1 Å². The van der Waals surface area contributed by atoms with Gasteiger partial charge in [-0.05, 0) is 18.9 Å². The molecule has 2 nitrogen and oxygen atoms in total. The van der Waals surface area contributed by atoms with Crippen molar-refractivity contribution in [2.45, 2.75) is 71.3 Å². The van der Waals surface area contributed by atoms with Crippen molar-refractivity contribution in [3.8, 4) is 0 Å². The van der Waals surface area contributed by atoms with Crippen LogP contribution in [0.4, 0.5) is 0 Å². The minimum Gasteiger partial charge on any atom is -0.314 e. The molecule has 0 radical (unpaired) electrons. The Morgan fingerprint density at radius 2 is 2.16 bits per heavy atom. The third kappa shape index (κ3) is 4.28. The van der Waals surface area contributed by atoms with Crippen LogP contribution in [0.3, 0.4) is 0 Å². The molecule has 1 unspecified atom stereocenters. The molecule has 2 rings (SSSR count). The summed E-state index contributed by atoms with van der Waals surface area (Å²) in [6.07, 6.45) is 6.75. The number of nitrogens with one attached hydrogen (secondary N) is 1. The van der Waals surface area contributed by atoms with Crippen LogP contribution in [0.2, 0.25) is 0 Å². The van der Waals surface area contributed by atoms with Crippen LogP contribution in [-0.4, -0.2) is 17.6 Å². The van der Waals surface area contributed by atoms with Gasteiger partial charge in [-0.2, -0.15) is 0 Å². The molecule has 1 atom stereocenters. The summed E-state index contributed by atoms with van der Waals surface area (Å²) in [7, 11) is 0. The molecule has 0 spiro atoms. The van der Waals surface area contributed by atoms with E-state index in [1.165, 1.54) is 36.4 Å². The maximum atomic E-state index is 4.83. The highest BCUT2D eigenvalue weighted by Crippen LogP contribution is 2.31. The van der Waals surface area contributed by atoms with Gasteiger partial charge in [-0.15, -0.1) is 11.3 Å².